The lowest BCUT2D eigenvalue weighted by Crippen LogP contribution is -2.03. The Morgan fingerprint density at radius 3 is 2.84 bits per heavy atom. The van der Waals surface area contributed by atoms with Gasteiger partial charge >= 0.3 is 0 Å². The maximum atomic E-state index is 12.3. The van der Waals surface area contributed by atoms with Crippen LogP contribution in [0.1, 0.15) is 48.7 Å². The molecule has 0 fully saturated rings. The van der Waals surface area contributed by atoms with Crippen LogP contribution in [0.2, 0.25) is 0 Å². The number of fused-ring (bicyclic) bond motifs is 1. The van der Waals surface area contributed by atoms with Gasteiger partial charge in [-0.2, -0.15) is 0 Å². The fourth-order valence-electron chi connectivity index (χ4n) is 2.18. The van der Waals surface area contributed by atoms with E-state index in [2.05, 4.69) is 18.5 Å². The molecule has 0 amide bonds. The van der Waals surface area contributed by atoms with Gasteiger partial charge in [0.05, 0.1) is 11.2 Å². The lowest BCUT2D eigenvalue weighted by molar-refractivity contribution is 0.0979. The number of carbonyl (C=O) groups is 1. The van der Waals surface area contributed by atoms with Crippen molar-refractivity contribution in [2.24, 2.45) is 0 Å². The van der Waals surface area contributed by atoms with Crippen LogP contribution < -0.4 is 0 Å². The normalized spacial score (nSPS) is 10.6. The number of Topliss-reactive ketones (excluding diaryl/α,β-unsaturated/α-hetero) is 1. The summed E-state index contributed by atoms with van der Waals surface area (Å²) in [5.74, 6) is 0.168. The van der Waals surface area contributed by atoms with E-state index < -0.39 is 0 Å². The number of pyridine rings is 1. The van der Waals surface area contributed by atoms with Crippen molar-refractivity contribution in [3.8, 4) is 0 Å². The molecule has 0 radical (unpaired) electrons. The average molecular weight is 253 g/mol. The number of unbranched alkanes of at least 4 members (excludes halogenated alkanes) is 2. The van der Waals surface area contributed by atoms with Crippen LogP contribution in [0.5, 0.6) is 0 Å². The van der Waals surface area contributed by atoms with Crippen molar-refractivity contribution in [3.05, 3.63) is 48.2 Å². The van der Waals surface area contributed by atoms with Gasteiger partial charge in [-0.05, 0) is 24.6 Å². The fraction of sp³-hybridized carbons (Fsp3) is 0.294. The van der Waals surface area contributed by atoms with Crippen LogP contribution >= 0.6 is 0 Å². The summed E-state index contributed by atoms with van der Waals surface area (Å²) < 4.78 is 0. The van der Waals surface area contributed by atoms with Crippen molar-refractivity contribution in [2.45, 2.75) is 32.6 Å². The number of aromatic nitrogens is 1. The number of hydrogen-bond donors (Lipinski definition) is 0. The molecular formula is C17H19NO. The van der Waals surface area contributed by atoms with E-state index in [1.807, 2.05) is 30.3 Å². The van der Waals surface area contributed by atoms with Crippen molar-refractivity contribution >= 4 is 22.8 Å². The third-order valence-corrected chi connectivity index (χ3v) is 3.25. The van der Waals surface area contributed by atoms with E-state index in [4.69, 9.17) is 0 Å². The zero-order chi connectivity index (χ0) is 13.7. The van der Waals surface area contributed by atoms with Gasteiger partial charge in [0.25, 0.3) is 0 Å². The first-order valence-electron chi connectivity index (χ1n) is 6.81. The van der Waals surface area contributed by atoms with Crippen molar-refractivity contribution < 1.29 is 4.79 Å². The number of para-hydroxylation sites is 1. The Labute approximate surface area is 114 Å². The van der Waals surface area contributed by atoms with Crippen molar-refractivity contribution in [1.29, 1.82) is 0 Å². The molecule has 2 nitrogen and oxygen atoms in total. The summed E-state index contributed by atoms with van der Waals surface area (Å²) in [5, 5.41) is 1.01. The molecule has 0 spiro atoms. The number of carbonyl (C=O) groups excluding carboxylic acids is 1. The first-order chi connectivity index (χ1) is 9.26. The van der Waals surface area contributed by atoms with Gasteiger partial charge < -0.3 is 0 Å². The van der Waals surface area contributed by atoms with Gasteiger partial charge in [0.15, 0.2) is 5.78 Å². The van der Waals surface area contributed by atoms with E-state index in [-0.39, 0.29) is 5.78 Å². The second-order valence-corrected chi connectivity index (χ2v) is 4.70. The molecule has 1 heterocycles. The lowest BCUT2D eigenvalue weighted by atomic mass is 10.0. The molecule has 0 N–H and O–H groups in total. The summed E-state index contributed by atoms with van der Waals surface area (Å²) in [6, 6.07) is 9.78. The van der Waals surface area contributed by atoms with E-state index in [9.17, 15) is 4.79 Å². The average Bonchev–Trinajstić information content (AvgIpc) is 2.46. The van der Waals surface area contributed by atoms with Crippen LogP contribution in [0.3, 0.4) is 0 Å². The second-order valence-electron chi connectivity index (χ2n) is 4.70. The predicted molar refractivity (Wildman–Crippen MR) is 80.3 cm³/mol. The Kier molecular flexibility index (Phi) is 4.45. The van der Waals surface area contributed by atoms with Gasteiger partial charge in [0.1, 0.15) is 0 Å². The molecule has 19 heavy (non-hydrogen) atoms. The summed E-state index contributed by atoms with van der Waals surface area (Å²) in [6.07, 6.45) is 5.42. The quantitative estimate of drug-likeness (QED) is 0.554. The standard InChI is InChI=1S/C17H19NO/c1-3-5-6-11-17(19)14-12-13-9-7-8-10-16(13)18-15(14)4-2/h4,7-10,12H,2-3,5-6,11H2,1H3. The van der Waals surface area contributed by atoms with Crippen LogP contribution in [-0.2, 0) is 0 Å². The predicted octanol–water partition coefficient (Wildman–Crippen LogP) is 4.64. The van der Waals surface area contributed by atoms with Crippen LogP contribution in [-0.4, -0.2) is 10.8 Å². The maximum absolute atomic E-state index is 12.3. The number of ketones is 1. The Balaban J connectivity index is 2.35. The Morgan fingerprint density at radius 1 is 1.32 bits per heavy atom. The molecule has 1 aromatic heterocycles. The highest BCUT2D eigenvalue weighted by Gasteiger charge is 2.12. The number of benzene rings is 1. The molecule has 0 saturated carbocycles. The van der Waals surface area contributed by atoms with Crippen LogP contribution in [0.25, 0.3) is 17.0 Å². The fourth-order valence-corrected chi connectivity index (χ4v) is 2.18. The van der Waals surface area contributed by atoms with Crippen LogP contribution in [0.15, 0.2) is 36.9 Å². The summed E-state index contributed by atoms with van der Waals surface area (Å²) in [5.41, 5.74) is 2.30. The number of nitrogens with zero attached hydrogens (tertiary/aromatic N) is 1. The monoisotopic (exact) mass is 253 g/mol. The smallest absolute Gasteiger partial charge is 0.165 e. The van der Waals surface area contributed by atoms with Crippen molar-refractivity contribution in [3.63, 3.8) is 0 Å². The minimum atomic E-state index is 0.168. The number of hydrogen-bond acceptors (Lipinski definition) is 2. The highest BCUT2D eigenvalue weighted by Crippen LogP contribution is 2.19. The molecule has 0 aliphatic heterocycles. The van der Waals surface area contributed by atoms with Gasteiger partial charge in [-0.1, -0.05) is 44.5 Å². The molecule has 0 unspecified atom stereocenters. The summed E-state index contributed by atoms with van der Waals surface area (Å²) in [4.78, 5) is 16.8. The SMILES string of the molecule is C=Cc1nc2ccccc2cc1C(=O)CCCCC. The van der Waals surface area contributed by atoms with E-state index in [1.165, 1.54) is 0 Å². The Bertz CT molecular complexity index is 601. The van der Waals surface area contributed by atoms with E-state index >= 15 is 0 Å². The largest absolute Gasteiger partial charge is 0.294 e. The summed E-state index contributed by atoms with van der Waals surface area (Å²) in [7, 11) is 0. The van der Waals surface area contributed by atoms with Crippen LogP contribution in [0, 0.1) is 0 Å². The van der Waals surface area contributed by atoms with Gasteiger partial charge in [-0.25, -0.2) is 4.98 Å². The van der Waals surface area contributed by atoms with Gasteiger partial charge in [0, 0.05) is 17.4 Å². The first-order valence-corrected chi connectivity index (χ1v) is 6.81. The van der Waals surface area contributed by atoms with E-state index in [0.717, 1.165) is 30.2 Å². The van der Waals surface area contributed by atoms with E-state index in [1.54, 1.807) is 6.08 Å². The molecule has 98 valence electrons. The minimum absolute atomic E-state index is 0.168. The molecular weight excluding hydrogens is 234 g/mol. The van der Waals surface area contributed by atoms with Crippen LogP contribution in [0.4, 0.5) is 0 Å². The van der Waals surface area contributed by atoms with Crippen molar-refractivity contribution in [1.82, 2.24) is 4.98 Å². The molecule has 0 aliphatic rings. The third-order valence-electron chi connectivity index (χ3n) is 3.25. The van der Waals surface area contributed by atoms with E-state index in [0.29, 0.717) is 17.7 Å². The zero-order valence-corrected chi connectivity index (χ0v) is 11.4. The van der Waals surface area contributed by atoms with Gasteiger partial charge in [-0.15, -0.1) is 0 Å². The highest BCUT2D eigenvalue weighted by atomic mass is 16.1. The zero-order valence-electron chi connectivity index (χ0n) is 11.4. The third kappa shape index (κ3) is 3.08. The Hall–Kier alpha value is -1.96. The topological polar surface area (TPSA) is 30.0 Å². The molecule has 0 bridgehead atoms. The highest BCUT2D eigenvalue weighted by molar-refractivity contribution is 6.01. The molecule has 2 rings (SSSR count). The van der Waals surface area contributed by atoms with Gasteiger partial charge in [0.2, 0.25) is 0 Å². The Morgan fingerprint density at radius 2 is 2.11 bits per heavy atom. The molecule has 0 saturated heterocycles. The maximum Gasteiger partial charge on any atom is 0.165 e. The number of rotatable bonds is 6. The molecule has 0 atom stereocenters. The van der Waals surface area contributed by atoms with Crippen molar-refractivity contribution in [2.75, 3.05) is 0 Å². The summed E-state index contributed by atoms with van der Waals surface area (Å²) in [6.45, 7) is 5.90. The lowest BCUT2D eigenvalue weighted by Gasteiger charge is -2.07. The molecule has 1 aromatic carbocycles. The minimum Gasteiger partial charge on any atom is -0.294 e. The molecule has 0 aliphatic carbocycles. The molecule has 2 heteroatoms. The summed E-state index contributed by atoms with van der Waals surface area (Å²) >= 11 is 0. The first kappa shape index (κ1) is 13.5. The molecule has 2 aromatic rings. The second kappa shape index (κ2) is 6.28. The van der Waals surface area contributed by atoms with Gasteiger partial charge in [-0.3, -0.25) is 4.79 Å².